The van der Waals surface area contributed by atoms with E-state index in [1.807, 2.05) is 13.8 Å². The number of hydrogen-bond donors (Lipinski definition) is 2. The lowest BCUT2D eigenvalue weighted by Crippen LogP contribution is -2.35. The Kier molecular flexibility index (Phi) is 4.97. The molecule has 0 heterocycles. The van der Waals surface area contributed by atoms with Gasteiger partial charge in [-0.15, -0.1) is 0 Å². The van der Waals surface area contributed by atoms with Gasteiger partial charge in [-0.1, -0.05) is 0 Å². The van der Waals surface area contributed by atoms with Crippen molar-refractivity contribution in [1.29, 1.82) is 0 Å². The van der Waals surface area contributed by atoms with Crippen molar-refractivity contribution in [2.45, 2.75) is 26.4 Å². The molecule has 1 aromatic rings. The molecule has 5 nitrogen and oxygen atoms in total. The maximum absolute atomic E-state index is 10.8. The molecular formula is C13H19NO4. The van der Waals surface area contributed by atoms with Crippen LogP contribution in [0.15, 0.2) is 18.2 Å². The van der Waals surface area contributed by atoms with Gasteiger partial charge >= 0.3 is 5.97 Å². The minimum absolute atomic E-state index is 0.0612. The van der Waals surface area contributed by atoms with Gasteiger partial charge in [-0.3, -0.25) is 9.69 Å². The van der Waals surface area contributed by atoms with E-state index in [2.05, 4.69) is 0 Å². The molecule has 0 radical (unpaired) electrons. The molecule has 1 aromatic carbocycles. The number of nitrogens with zero attached hydrogens (tertiary/aromatic N) is 1. The molecule has 0 bridgehead atoms. The lowest BCUT2D eigenvalue weighted by atomic mass is 10.1. The van der Waals surface area contributed by atoms with E-state index in [0.717, 1.165) is 0 Å². The zero-order valence-electron chi connectivity index (χ0n) is 10.9. The molecule has 0 atom stereocenters. The van der Waals surface area contributed by atoms with Gasteiger partial charge in [-0.2, -0.15) is 0 Å². The van der Waals surface area contributed by atoms with Crippen molar-refractivity contribution in [2.24, 2.45) is 0 Å². The molecular weight excluding hydrogens is 234 g/mol. The van der Waals surface area contributed by atoms with E-state index in [1.54, 1.807) is 30.2 Å². The van der Waals surface area contributed by atoms with Crippen molar-refractivity contribution in [3.05, 3.63) is 23.8 Å². The van der Waals surface area contributed by atoms with Crippen LogP contribution in [-0.4, -0.2) is 40.8 Å². The molecule has 18 heavy (non-hydrogen) atoms. The number of phenols is 1. The predicted octanol–water partition coefficient (Wildman–Crippen LogP) is 1.70. The summed E-state index contributed by atoms with van der Waals surface area (Å²) < 4.78 is 5.09. The van der Waals surface area contributed by atoms with E-state index < -0.39 is 5.97 Å². The van der Waals surface area contributed by atoms with E-state index in [-0.39, 0.29) is 18.3 Å². The summed E-state index contributed by atoms with van der Waals surface area (Å²) in [6.45, 7) is 4.14. The van der Waals surface area contributed by atoms with Gasteiger partial charge in [0.2, 0.25) is 0 Å². The summed E-state index contributed by atoms with van der Waals surface area (Å²) in [5.74, 6) is -0.0974. The van der Waals surface area contributed by atoms with Crippen molar-refractivity contribution in [3.8, 4) is 11.5 Å². The average Bonchev–Trinajstić information content (AvgIpc) is 2.30. The molecule has 0 saturated carbocycles. The van der Waals surface area contributed by atoms with Gasteiger partial charge in [0, 0.05) is 18.2 Å². The quantitative estimate of drug-likeness (QED) is 0.807. The highest BCUT2D eigenvalue weighted by atomic mass is 16.5. The van der Waals surface area contributed by atoms with Crippen LogP contribution in [-0.2, 0) is 11.3 Å². The number of benzene rings is 1. The van der Waals surface area contributed by atoms with Gasteiger partial charge in [-0.25, -0.2) is 0 Å². The SMILES string of the molecule is COc1ccc(O)c(CN(CC(=O)O)C(C)C)c1. The number of carboxylic acids is 1. The van der Waals surface area contributed by atoms with Crippen LogP contribution in [0.2, 0.25) is 0 Å². The van der Waals surface area contributed by atoms with Crippen molar-refractivity contribution in [2.75, 3.05) is 13.7 Å². The molecule has 0 spiro atoms. The fourth-order valence-corrected chi connectivity index (χ4v) is 1.63. The fraction of sp³-hybridized carbons (Fsp3) is 0.462. The number of phenolic OH excluding ortho intramolecular Hbond substituents is 1. The van der Waals surface area contributed by atoms with Crippen LogP contribution in [0.3, 0.4) is 0 Å². The van der Waals surface area contributed by atoms with Crippen LogP contribution in [0.5, 0.6) is 11.5 Å². The lowest BCUT2D eigenvalue weighted by molar-refractivity contribution is -0.138. The minimum Gasteiger partial charge on any atom is -0.508 e. The first-order valence-corrected chi connectivity index (χ1v) is 5.75. The maximum atomic E-state index is 10.8. The Morgan fingerprint density at radius 3 is 2.61 bits per heavy atom. The highest BCUT2D eigenvalue weighted by Crippen LogP contribution is 2.24. The first kappa shape index (κ1) is 14.3. The van der Waals surface area contributed by atoms with E-state index >= 15 is 0 Å². The number of carbonyl (C=O) groups is 1. The van der Waals surface area contributed by atoms with Crippen LogP contribution in [0.1, 0.15) is 19.4 Å². The molecule has 0 aliphatic carbocycles. The molecule has 0 aliphatic rings. The predicted molar refractivity (Wildman–Crippen MR) is 67.8 cm³/mol. The second kappa shape index (κ2) is 6.26. The molecule has 5 heteroatoms. The first-order chi connectivity index (χ1) is 8.43. The summed E-state index contributed by atoms with van der Waals surface area (Å²) in [6.07, 6.45) is 0. The number of ether oxygens (including phenoxy) is 1. The molecule has 0 unspecified atom stereocenters. The number of hydrogen-bond acceptors (Lipinski definition) is 4. The number of carboxylic acid groups (broad SMARTS) is 1. The van der Waals surface area contributed by atoms with E-state index in [4.69, 9.17) is 9.84 Å². The zero-order chi connectivity index (χ0) is 13.7. The second-order valence-corrected chi connectivity index (χ2v) is 4.39. The molecule has 1 rings (SSSR count). The number of aromatic hydroxyl groups is 1. The summed E-state index contributed by atoms with van der Waals surface area (Å²) in [4.78, 5) is 12.5. The van der Waals surface area contributed by atoms with Crippen LogP contribution in [0.4, 0.5) is 0 Å². The van der Waals surface area contributed by atoms with Gasteiger partial charge in [0.15, 0.2) is 0 Å². The van der Waals surface area contributed by atoms with Gasteiger partial charge < -0.3 is 14.9 Å². The topological polar surface area (TPSA) is 70.0 Å². The molecule has 100 valence electrons. The Morgan fingerprint density at radius 2 is 2.11 bits per heavy atom. The third kappa shape index (κ3) is 3.92. The molecule has 0 fully saturated rings. The Bertz CT molecular complexity index is 417. The average molecular weight is 253 g/mol. The first-order valence-electron chi connectivity index (χ1n) is 5.75. The van der Waals surface area contributed by atoms with Crippen molar-refractivity contribution in [3.63, 3.8) is 0 Å². The van der Waals surface area contributed by atoms with Crippen LogP contribution in [0.25, 0.3) is 0 Å². The van der Waals surface area contributed by atoms with E-state index in [1.165, 1.54) is 0 Å². The second-order valence-electron chi connectivity index (χ2n) is 4.39. The molecule has 0 aliphatic heterocycles. The highest BCUT2D eigenvalue weighted by Gasteiger charge is 2.16. The Labute approximate surface area is 107 Å². The molecule has 0 amide bonds. The third-order valence-corrected chi connectivity index (χ3v) is 2.73. The molecule has 2 N–H and O–H groups in total. The van der Waals surface area contributed by atoms with Crippen LogP contribution in [0, 0.1) is 0 Å². The van der Waals surface area contributed by atoms with Gasteiger partial charge in [0.25, 0.3) is 0 Å². The van der Waals surface area contributed by atoms with Crippen molar-refractivity contribution >= 4 is 5.97 Å². The van der Waals surface area contributed by atoms with Crippen molar-refractivity contribution in [1.82, 2.24) is 4.90 Å². The molecule has 0 aromatic heterocycles. The summed E-state index contributed by atoms with van der Waals surface area (Å²) in [7, 11) is 1.55. The summed E-state index contributed by atoms with van der Waals surface area (Å²) in [6, 6.07) is 5.00. The Hall–Kier alpha value is -1.75. The highest BCUT2D eigenvalue weighted by molar-refractivity contribution is 5.69. The van der Waals surface area contributed by atoms with Crippen LogP contribution >= 0.6 is 0 Å². The Morgan fingerprint density at radius 1 is 1.44 bits per heavy atom. The van der Waals surface area contributed by atoms with E-state index in [0.29, 0.717) is 17.9 Å². The van der Waals surface area contributed by atoms with Crippen LogP contribution < -0.4 is 4.74 Å². The maximum Gasteiger partial charge on any atom is 0.317 e. The number of aliphatic carboxylic acids is 1. The fourth-order valence-electron chi connectivity index (χ4n) is 1.63. The van der Waals surface area contributed by atoms with Gasteiger partial charge in [0.1, 0.15) is 11.5 Å². The number of rotatable bonds is 6. The largest absolute Gasteiger partial charge is 0.508 e. The monoisotopic (exact) mass is 253 g/mol. The molecule has 0 saturated heterocycles. The zero-order valence-corrected chi connectivity index (χ0v) is 10.9. The standard InChI is InChI=1S/C13H19NO4/c1-9(2)14(8-13(16)17)7-10-6-11(18-3)4-5-12(10)15/h4-6,9,15H,7-8H2,1-3H3,(H,16,17). The normalized spacial score (nSPS) is 10.9. The Balaban J connectivity index is 2.88. The minimum atomic E-state index is -0.883. The third-order valence-electron chi connectivity index (χ3n) is 2.73. The lowest BCUT2D eigenvalue weighted by Gasteiger charge is -2.25. The van der Waals surface area contributed by atoms with Gasteiger partial charge in [0.05, 0.1) is 13.7 Å². The summed E-state index contributed by atoms with van der Waals surface area (Å²) in [5.41, 5.74) is 0.657. The van der Waals surface area contributed by atoms with Gasteiger partial charge in [-0.05, 0) is 32.0 Å². The number of methoxy groups -OCH3 is 1. The smallest absolute Gasteiger partial charge is 0.317 e. The summed E-state index contributed by atoms with van der Waals surface area (Å²) >= 11 is 0. The summed E-state index contributed by atoms with van der Waals surface area (Å²) in [5, 5.41) is 18.6. The van der Waals surface area contributed by atoms with E-state index in [9.17, 15) is 9.90 Å². The van der Waals surface area contributed by atoms with Crippen molar-refractivity contribution < 1.29 is 19.7 Å².